The van der Waals surface area contributed by atoms with Crippen LogP contribution in [0, 0.1) is 0 Å². The molecule has 100 valence electrons. The van der Waals surface area contributed by atoms with Crippen molar-refractivity contribution in [3.05, 3.63) is 29.8 Å². The Morgan fingerprint density at radius 2 is 2.17 bits per heavy atom. The number of halogens is 1. The second-order valence-corrected chi connectivity index (χ2v) is 5.92. The number of hydrogen-bond acceptors (Lipinski definition) is 2. The van der Waals surface area contributed by atoms with Crippen LogP contribution in [-0.4, -0.2) is 23.6 Å². The summed E-state index contributed by atoms with van der Waals surface area (Å²) in [5.41, 5.74) is 1.31. The first-order valence-corrected chi connectivity index (χ1v) is 7.67. The quantitative estimate of drug-likeness (QED) is 0.740. The lowest BCUT2D eigenvalue weighted by Gasteiger charge is -2.41. The molecule has 0 saturated heterocycles. The summed E-state index contributed by atoms with van der Waals surface area (Å²) in [6.45, 7) is 5.09. The van der Waals surface area contributed by atoms with Gasteiger partial charge in [-0.05, 0) is 30.5 Å². The molecule has 1 aromatic carbocycles. The average Bonchev–Trinajstić information content (AvgIpc) is 2.39. The summed E-state index contributed by atoms with van der Waals surface area (Å²) < 4.78 is 11.8. The van der Waals surface area contributed by atoms with Crippen molar-refractivity contribution in [2.75, 3.05) is 6.61 Å². The van der Waals surface area contributed by atoms with E-state index < -0.39 is 0 Å². The Labute approximate surface area is 118 Å². The largest absolute Gasteiger partial charge is 0.488 e. The summed E-state index contributed by atoms with van der Waals surface area (Å²) in [7, 11) is 0. The zero-order valence-electron chi connectivity index (χ0n) is 11.1. The first kappa shape index (κ1) is 13.9. The van der Waals surface area contributed by atoms with Crippen LogP contribution < -0.4 is 4.74 Å². The average molecular weight is 313 g/mol. The van der Waals surface area contributed by atoms with Gasteiger partial charge in [-0.2, -0.15) is 0 Å². The molecular formula is C15H21BrO2. The molecule has 0 spiro atoms. The van der Waals surface area contributed by atoms with Crippen LogP contribution in [0.5, 0.6) is 5.75 Å². The van der Waals surface area contributed by atoms with Crippen LogP contribution in [0.1, 0.15) is 32.3 Å². The van der Waals surface area contributed by atoms with E-state index in [2.05, 4.69) is 48.0 Å². The third-order valence-electron chi connectivity index (χ3n) is 3.29. The van der Waals surface area contributed by atoms with Crippen LogP contribution >= 0.6 is 15.9 Å². The van der Waals surface area contributed by atoms with Crippen LogP contribution in [-0.2, 0) is 11.2 Å². The smallest absolute Gasteiger partial charge is 0.127 e. The Morgan fingerprint density at radius 3 is 2.83 bits per heavy atom. The van der Waals surface area contributed by atoms with E-state index in [1.807, 2.05) is 6.07 Å². The van der Waals surface area contributed by atoms with Gasteiger partial charge in [0.25, 0.3) is 0 Å². The van der Waals surface area contributed by atoms with Crippen LogP contribution in [0.4, 0.5) is 0 Å². The number of hydrogen-bond donors (Lipinski definition) is 0. The minimum atomic E-state index is 0.188. The lowest BCUT2D eigenvalue weighted by molar-refractivity contribution is -0.0762. The first-order valence-electron chi connectivity index (χ1n) is 6.75. The summed E-state index contributed by atoms with van der Waals surface area (Å²) in [6, 6.07) is 8.34. The minimum Gasteiger partial charge on any atom is -0.488 e. The zero-order chi connectivity index (χ0) is 13.0. The highest BCUT2D eigenvalue weighted by Crippen LogP contribution is 2.34. The van der Waals surface area contributed by atoms with Crippen molar-refractivity contribution in [3.63, 3.8) is 0 Å². The molecule has 2 nitrogen and oxygen atoms in total. The van der Waals surface area contributed by atoms with Crippen LogP contribution in [0.15, 0.2) is 24.3 Å². The van der Waals surface area contributed by atoms with Gasteiger partial charge in [-0.1, -0.05) is 41.9 Å². The fourth-order valence-corrected chi connectivity index (χ4v) is 2.98. The molecule has 0 heterocycles. The molecule has 1 aliphatic carbocycles. The SMILES string of the molecule is CCCOC1C(Br)CC1Oc1cccc(CC)c1. The Morgan fingerprint density at radius 1 is 1.33 bits per heavy atom. The Balaban J connectivity index is 1.92. The number of alkyl halides is 1. The van der Waals surface area contributed by atoms with E-state index in [4.69, 9.17) is 9.47 Å². The highest BCUT2D eigenvalue weighted by molar-refractivity contribution is 9.09. The van der Waals surface area contributed by atoms with E-state index >= 15 is 0 Å². The molecule has 1 fully saturated rings. The van der Waals surface area contributed by atoms with Crippen molar-refractivity contribution in [3.8, 4) is 5.75 Å². The topological polar surface area (TPSA) is 18.5 Å². The third-order valence-corrected chi connectivity index (χ3v) is 4.18. The molecule has 1 aliphatic rings. The molecule has 0 bridgehead atoms. The minimum absolute atomic E-state index is 0.188. The molecule has 0 aliphatic heterocycles. The number of benzene rings is 1. The van der Waals surface area contributed by atoms with Gasteiger partial charge in [-0.25, -0.2) is 0 Å². The van der Waals surface area contributed by atoms with Crippen LogP contribution in [0.2, 0.25) is 0 Å². The Bertz CT molecular complexity index is 381. The van der Waals surface area contributed by atoms with Gasteiger partial charge in [0.15, 0.2) is 0 Å². The first-order chi connectivity index (χ1) is 8.74. The number of ether oxygens (including phenoxy) is 2. The Kier molecular flexibility index (Phi) is 5.07. The van der Waals surface area contributed by atoms with Gasteiger partial charge in [0.2, 0.25) is 0 Å². The van der Waals surface area contributed by atoms with Crippen LogP contribution in [0.3, 0.4) is 0 Å². The second-order valence-electron chi connectivity index (χ2n) is 4.74. The van der Waals surface area contributed by atoms with Gasteiger partial charge in [0, 0.05) is 17.9 Å². The van der Waals surface area contributed by atoms with Crippen LogP contribution in [0.25, 0.3) is 0 Å². The molecule has 0 radical (unpaired) electrons. The van der Waals surface area contributed by atoms with Crippen molar-refractivity contribution >= 4 is 15.9 Å². The summed E-state index contributed by atoms with van der Waals surface area (Å²) in [4.78, 5) is 0.434. The molecule has 3 atom stereocenters. The van der Waals surface area contributed by atoms with Gasteiger partial charge < -0.3 is 9.47 Å². The molecular weight excluding hydrogens is 292 g/mol. The number of aryl methyl sites for hydroxylation is 1. The van der Waals surface area contributed by atoms with E-state index in [0.717, 1.165) is 31.6 Å². The maximum Gasteiger partial charge on any atom is 0.127 e. The summed E-state index contributed by atoms with van der Waals surface area (Å²) >= 11 is 3.63. The van der Waals surface area contributed by atoms with E-state index in [1.54, 1.807) is 0 Å². The molecule has 0 N–H and O–H groups in total. The zero-order valence-corrected chi connectivity index (χ0v) is 12.7. The fraction of sp³-hybridized carbons (Fsp3) is 0.600. The second kappa shape index (κ2) is 6.58. The van der Waals surface area contributed by atoms with E-state index in [9.17, 15) is 0 Å². The van der Waals surface area contributed by atoms with Gasteiger partial charge >= 0.3 is 0 Å². The molecule has 0 amide bonds. The predicted molar refractivity (Wildman–Crippen MR) is 77.6 cm³/mol. The Hall–Kier alpha value is -0.540. The van der Waals surface area contributed by atoms with Gasteiger partial charge in [0.05, 0.1) is 0 Å². The van der Waals surface area contributed by atoms with Crippen molar-refractivity contribution < 1.29 is 9.47 Å². The third kappa shape index (κ3) is 3.27. The van der Waals surface area contributed by atoms with Crippen molar-refractivity contribution in [1.82, 2.24) is 0 Å². The molecule has 3 unspecified atom stereocenters. The highest BCUT2D eigenvalue weighted by atomic mass is 79.9. The summed E-state index contributed by atoms with van der Waals surface area (Å²) in [5.74, 6) is 0.962. The van der Waals surface area contributed by atoms with E-state index in [1.165, 1.54) is 5.56 Å². The van der Waals surface area contributed by atoms with E-state index in [-0.39, 0.29) is 12.2 Å². The predicted octanol–water partition coefficient (Wildman–Crippen LogP) is 3.96. The maximum atomic E-state index is 6.02. The molecule has 18 heavy (non-hydrogen) atoms. The van der Waals surface area contributed by atoms with E-state index in [0.29, 0.717) is 4.83 Å². The van der Waals surface area contributed by atoms with Crippen molar-refractivity contribution in [2.24, 2.45) is 0 Å². The number of rotatable bonds is 6. The molecule has 0 aromatic heterocycles. The molecule has 2 rings (SSSR count). The summed E-state index contributed by atoms with van der Waals surface area (Å²) in [5, 5.41) is 0. The highest BCUT2D eigenvalue weighted by Gasteiger charge is 2.42. The van der Waals surface area contributed by atoms with Crippen molar-refractivity contribution in [1.29, 1.82) is 0 Å². The molecule has 1 aromatic rings. The normalized spacial score (nSPS) is 26.7. The molecule has 1 saturated carbocycles. The standard InChI is InChI=1S/C15H21BrO2/c1-3-8-17-15-13(16)10-14(15)18-12-7-5-6-11(4-2)9-12/h5-7,9,13-15H,3-4,8,10H2,1-2H3. The lowest BCUT2D eigenvalue weighted by Crippen LogP contribution is -2.52. The van der Waals surface area contributed by atoms with Gasteiger partial charge in [-0.15, -0.1) is 0 Å². The fourth-order valence-electron chi connectivity index (χ4n) is 2.12. The molecule has 3 heteroatoms. The lowest BCUT2D eigenvalue weighted by atomic mass is 9.91. The summed E-state index contributed by atoms with van der Waals surface area (Å²) in [6.07, 6.45) is 3.49. The van der Waals surface area contributed by atoms with Crippen molar-refractivity contribution in [2.45, 2.75) is 50.1 Å². The monoisotopic (exact) mass is 312 g/mol. The van der Waals surface area contributed by atoms with Gasteiger partial charge in [0.1, 0.15) is 18.0 Å². The van der Waals surface area contributed by atoms with Gasteiger partial charge in [-0.3, -0.25) is 0 Å². The maximum absolute atomic E-state index is 6.02.